The van der Waals surface area contributed by atoms with Crippen LogP contribution in [0, 0.1) is 0 Å². The third kappa shape index (κ3) is 2.15. The number of amides is 1. The van der Waals surface area contributed by atoms with Crippen LogP contribution >= 0.6 is 22.6 Å². The first kappa shape index (κ1) is 9.71. The highest BCUT2D eigenvalue weighted by atomic mass is 127. The minimum atomic E-state index is 0.200. The molecule has 2 fully saturated rings. The second-order valence-electron chi connectivity index (χ2n) is 3.86. The van der Waals surface area contributed by atoms with E-state index >= 15 is 0 Å². The Balaban J connectivity index is 1.78. The fourth-order valence-corrected chi connectivity index (χ4v) is 2.50. The van der Waals surface area contributed by atoms with E-state index in [1.54, 1.807) is 0 Å². The Kier molecular flexibility index (Phi) is 3.08. The fourth-order valence-electron chi connectivity index (χ4n) is 2.01. The van der Waals surface area contributed by atoms with Crippen molar-refractivity contribution in [1.29, 1.82) is 0 Å². The van der Waals surface area contributed by atoms with Crippen molar-refractivity contribution in [2.45, 2.75) is 25.3 Å². The molecular formula is C9H15IN2O. The Morgan fingerprint density at radius 2 is 1.77 bits per heavy atom. The van der Waals surface area contributed by atoms with E-state index in [-0.39, 0.29) is 3.91 Å². The SMILES string of the molecule is O=C(I)N1CCN(C2CCC2)CC1. The molecule has 0 atom stereocenters. The van der Waals surface area contributed by atoms with E-state index in [2.05, 4.69) is 4.90 Å². The van der Waals surface area contributed by atoms with Crippen molar-refractivity contribution in [2.75, 3.05) is 26.2 Å². The molecule has 13 heavy (non-hydrogen) atoms. The van der Waals surface area contributed by atoms with E-state index in [0.717, 1.165) is 32.2 Å². The van der Waals surface area contributed by atoms with Crippen LogP contribution in [-0.2, 0) is 0 Å². The van der Waals surface area contributed by atoms with Gasteiger partial charge in [-0.3, -0.25) is 9.69 Å². The van der Waals surface area contributed by atoms with E-state index in [0.29, 0.717) is 0 Å². The summed E-state index contributed by atoms with van der Waals surface area (Å²) in [7, 11) is 0. The zero-order chi connectivity index (χ0) is 9.26. The monoisotopic (exact) mass is 294 g/mol. The minimum absolute atomic E-state index is 0.200. The van der Waals surface area contributed by atoms with Gasteiger partial charge in [0.2, 0.25) is 0 Å². The van der Waals surface area contributed by atoms with Crippen molar-refractivity contribution in [3.8, 4) is 0 Å². The molecule has 1 saturated carbocycles. The Morgan fingerprint density at radius 3 is 2.15 bits per heavy atom. The van der Waals surface area contributed by atoms with Crippen LogP contribution in [0.4, 0.5) is 4.79 Å². The molecule has 1 amide bonds. The Labute approximate surface area is 92.6 Å². The van der Waals surface area contributed by atoms with Crippen LogP contribution in [0.3, 0.4) is 0 Å². The highest BCUT2D eigenvalue weighted by Crippen LogP contribution is 2.25. The van der Waals surface area contributed by atoms with Gasteiger partial charge in [0, 0.05) is 54.8 Å². The topological polar surface area (TPSA) is 23.6 Å². The zero-order valence-electron chi connectivity index (χ0n) is 7.71. The van der Waals surface area contributed by atoms with E-state index < -0.39 is 0 Å². The van der Waals surface area contributed by atoms with Gasteiger partial charge in [0.1, 0.15) is 0 Å². The van der Waals surface area contributed by atoms with Gasteiger partial charge in [-0.25, -0.2) is 0 Å². The molecule has 0 radical (unpaired) electrons. The second-order valence-corrected chi connectivity index (χ2v) is 4.78. The number of halogens is 1. The summed E-state index contributed by atoms with van der Waals surface area (Å²) in [4.78, 5) is 15.5. The Morgan fingerprint density at radius 1 is 1.15 bits per heavy atom. The van der Waals surface area contributed by atoms with Crippen LogP contribution in [0.5, 0.6) is 0 Å². The average molecular weight is 294 g/mol. The highest BCUT2D eigenvalue weighted by molar-refractivity contribution is 14.1. The quantitative estimate of drug-likeness (QED) is 0.417. The van der Waals surface area contributed by atoms with Gasteiger partial charge < -0.3 is 4.90 Å². The summed E-state index contributed by atoms with van der Waals surface area (Å²) in [5.74, 6) is 0. The van der Waals surface area contributed by atoms with Gasteiger partial charge >= 0.3 is 0 Å². The number of piperazine rings is 1. The lowest BCUT2D eigenvalue weighted by molar-refractivity contribution is 0.0788. The van der Waals surface area contributed by atoms with Gasteiger partial charge in [0.25, 0.3) is 3.91 Å². The number of carbonyl (C=O) groups is 1. The number of hydrogen-bond donors (Lipinski definition) is 0. The molecule has 3 nitrogen and oxygen atoms in total. The van der Waals surface area contributed by atoms with Crippen molar-refractivity contribution in [1.82, 2.24) is 9.80 Å². The van der Waals surface area contributed by atoms with Gasteiger partial charge in [-0.15, -0.1) is 0 Å². The lowest BCUT2D eigenvalue weighted by Gasteiger charge is -2.42. The lowest BCUT2D eigenvalue weighted by Crippen LogP contribution is -2.52. The molecule has 0 aromatic carbocycles. The smallest absolute Gasteiger partial charge is 0.283 e. The summed E-state index contributed by atoms with van der Waals surface area (Å²) in [6, 6.07) is 0.839. The third-order valence-electron chi connectivity index (χ3n) is 3.15. The van der Waals surface area contributed by atoms with E-state index in [9.17, 15) is 4.79 Å². The predicted octanol–water partition coefficient (Wildman–Crippen LogP) is 1.71. The third-order valence-corrected chi connectivity index (χ3v) is 3.84. The number of rotatable bonds is 1. The van der Waals surface area contributed by atoms with Crippen LogP contribution in [0.2, 0.25) is 0 Å². The molecule has 2 rings (SSSR count). The van der Waals surface area contributed by atoms with Crippen molar-refractivity contribution >= 4 is 26.5 Å². The second kappa shape index (κ2) is 4.13. The van der Waals surface area contributed by atoms with Crippen molar-refractivity contribution in [3.63, 3.8) is 0 Å². The van der Waals surface area contributed by atoms with Crippen LogP contribution < -0.4 is 0 Å². The van der Waals surface area contributed by atoms with Crippen molar-refractivity contribution in [3.05, 3.63) is 0 Å². The maximum absolute atomic E-state index is 11.1. The summed E-state index contributed by atoms with van der Waals surface area (Å²) in [5, 5.41) is 0. The molecule has 0 N–H and O–H groups in total. The lowest BCUT2D eigenvalue weighted by atomic mass is 9.91. The first-order valence-electron chi connectivity index (χ1n) is 4.96. The standard InChI is InChI=1S/C9H15IN2O/c10-9(13)12-6-4-11(5-7-12)8-2-1-3-8/h8H,1-7H2. The van der Waals surface area contributed by atoms with Gasteiger partial charge in [-0.2, -0.15) is 0 Å². The zero-order valence-corrected chi connectivity index (χ0v) is 9.87. The number of hydrogen-bond acceptors (Lipinski definition) is 2. The molecule has 0 unspecified atom stereocenters. The Bertz CT molecular complexity index is 198. The predicted molar refractivity (Wildman–Crippen MR) is 60.2 cm³/mol. The Hall–Kier alpha value is 0.160. The van der Waals surface area contributed by atoms with Gasteiger partial charge in [0.05, 0.1) is 0 Å². The number of nitrogens with zero attached hydrogens (tertiary/aromatic N) is 2. The maximum atomic E-state index is 11.1. The molecule has 4 heteroatoms. The van der Waals surface area contributed by atoms with E-state index in [1.807, 2.05) is 27.5 Å². The van der Waals surface area contributed by atoms with Gasteiger partial charge in [-0.1, -0.05) is 6.42 Å². The van der Waals surface area contributed by atoms with Crippen LogP contribution in [0.15, 0.2) is 0 Å². The summed E-state index contributed by atoms with van der Waals surface area (Å²) >= 11 is 1.88. The van der Waals surface area contributed by atoms with Crippen LogP contribution in [-0.4, -0.2) is 45.9 Å². The molecular weight excluding hydrogens is 279 g/mol. The molecule has 1 saturated heterocycles. The number of carbonyl (C=O) groups excluding carboxylic acids is 1. The average Bonchev–Trinajstić information content (AvgIpc) is 2.02. The molecule has 0 aromatic heterocycles. The van der Waals surface area contributed by atoms with Gasteiger partial charge in [-0.05, 0) is 12.8 Å². The van der Waals surface area contributed by atoms with Crippen LogP contribution in [0.25, 0.3) is 0 Å². The summed E-state index contributed by atoms with van der Waals surface area (Å²) in [6.07, 6.45) is 4.15. The highest BCUT2D eigenvalue weighted by Gasteiger charge is 2.28. The fraction of sp³-hybridized carbons (Fsp3) is 0.889. The molecule has 2 aliphatic rings. The first-order chi connectivity index (χ1) is 6.27. The summed E-state index contributed by atoms with van der Waals surface area (Å²) in [6.45, 7) is 4.02. The van der Waals surface area contributed by atoms with Crippen molar-refractivity contribution in [2.24, 2.45) is 0 Å². The molecule has 0 spiro atoms. The molecule has 74 valence electrons. The normalized spacial score (nSPS) is 25.8. The van der Waals surface area contributed by atoms with E-state index in [4.69, 9.17) is 0 Å². The molecule has 1 aliphatic carbocycles. The minimum Gasteiger partial charge on any atom is -0.332 e. The maximum Gasteiger partial charge on any atom is 0.283 e. The van der Waals surface area contributed by atoms with Gasteiger partial charge in [0.15, 0.2) is 0 Å². The van der Waals surface area contributed by atoms with E-state index in [1.165, 1.54) is 19.3 Å². The first-order valence-corrected chi connectivity index (χ1v) is 6.04. The molecule has 0 bridgehead atoms. The molecule has 1 heterocycles. The molecule has 0 aromatic rings. The summed E-state index contributed by atoms with van der Waals surface area (Å²) in [5.41, 5.74) is 0. The van der Waals surface area contributed by atoms with Crippen LogP contribution in [0.1, 0.15) is 19.3 Å². The van der Waals surface area contributed by atoms with Crippen molar-refractivity contribution < 1.29 is 4.79 Å². The molecule has 1 aliphatic heterocycles. The summed E-state index contributed by atoms with van der Waals surface area (Å²) < 4.78 is 0.200. The largest absolute Gasteiger partial charge is 0.332 e.